The van der Waals surface area contributed by atoms with Gasteiger partial charge in [0.25, 0.3) is 5.91 Å². The van der Waals surface area contributed by atoms with Crippen molar-refractivity contribution in [3.8, 4) is 5.75 Å². The molecule has 152 valence electrons. The summed E-state index contributed by atoms with van der Waals surface area (Å²) in [5.41, 5.74) is 9.63. The predicted octanol–water partition coefficient (Wildman–Crippen LogP) is 3.77. The van der Waals surface area contributed by atoms with E-state index in [4.69, 9.17) is 9.15 Å². The number of benzene rings is 2. The highest BCUT2D eigenvalue weighted by Gasteiger charge is 2.17. The van der Waals surface area contributed by atoms with E-state index in [1.165, 1.54) is 5.56 Å². The van der Waals surface area contributed by atoms with Crippen molar-refractivity contribution in [2.24, 2.45) is 0 Å². The highest BCUT2D eigenvalue weighted by atomic mass is 16.5. The number of fused-ring (bicyclic) bond motifs is 1. The fourth-order valence-electron chi connectivity index (χ4n) is 3.03. The second-order valence-electron chi connectivity index (χ2n) is 7.12. The van der Waals surface area contributed by atoms with Gasteiger partial charge in [-0.25, -0.2) is 0 Å². The van der Waals surface area contributed by atoms with Crippen molar-refractivity contribution < 1.29 is 18.7 Å². The second-order valence-corrected chi connectivity index (χ2v) is 7.12. The van der Waals surface area contributed by atoms with Crippen molar-refractivity contribution in [3.05, 3.63) is 64.9 Å². The van der Waals surface area contributed by atoms with Crippen molar-refractivity contribution in [2.75, 3.05) is 0 Å². The summed E-state index contributed by atoms with van der Waals surface area (Å²) >= 11 is 0. The third-order valence-electron chi connectivity index (χ3n) is 5.03. The molecular weight excluding hydrogens is 368 g/mol. The minimum absolute atomic E-state index is 0.102. The van der Waals surface area contributed by atoms with Crippen LogP contribution in [0.2, 0.25) is 0 Å². The Labute approximate surface area is 170 Å². The molecule has 6 nitrogen and oxygen atoms in total. The standard InChI is InChI=1S/C23H26N2O4/c1-5-17-9-10-19-18(13-28-21(19)11-17)12-22(26)24-25-23(27)16(4)29-20-8-6-7-14(2)15(20)3/h6-11,13,16H,5,12H2,1-4H3,(H,24,26)(H,25,27). The molecule has 2 aromatic carbocycles. The first-order valence-electron chi connectivity index (χ1n) is 9.69. The molecule has 0 radical (unpaired) electrons. The molecule has 1 unspecified atom stereocenters. The summed E-state index contributed by atoms with van der Waals surface area (Å²) in [6.45, 7) is 7.63. The van der Waals surface area contributed by atoms with Crippen LogP contribution >= 0.6 is 0 Å². The van der Waals surface area contributed by atoms with Crippen LogP contribution in [0.1, 0.15) is 36.1 Å². The molecule has 6 heteroatoms. The Morgan fingerprint density at radius 2 is 1.93 bits per heavy atom. The smallest absolute Gasteiger partial charge is 0.279 e. The minimum Gasteiger partial charge on any atom is -0.481 e. The summed E-state index contributed by atoms with van der Waals surface area (Å²) in [7, 11) is 0. The molecule has 3 aromatic rings. The van der Waals surface area contributed by atoms with E-state index in [9.17, 15) is 9.59 Å². The van der Waals surface area contributed by atoms with Gasteiger partial charge in [0.1, 0.15) is 11.3 Å². The fraction of sp³-hybridized carbons (Fsp3) is 0.304. The lowest BCUT2D eigenvalue weighted by Gasteiger charge is -2.17. The topological polar surface area (TPSA) is 80.6 Å². The third-order valence-corrected chi connectivity index (χ3v) is 5.03. The number of amides is 2. The Bertz CT molecular complexity index is 1040. The lowest BCUT2D eigenvalue weighted by molar-refractivity contribution is -0.132. The molecule has 29 heavy (non-hydrogen) atoms. The van der Waals surface area contributed by atoms with Gasteiger partial charge in [-0.1, -0.05) is 31.2 Å². The number of ether oxygens (including phenoxy) is 1. The van der Waals surface area contributed by atoms with Crippen molar-refractivity contribution in [1.29, 1.82) is 0 Å². The maximum absolute atomic E-state index is 12.3. The Balaban J connectivity index is 1.55. The fourth-order valence-corrected chi connectivity index (χ4v) is 3.03. The quantitative estimate of drug-likeness (QED) is 0.624. The minimum atomic E-state index is -0.752. The van der Waals surface area contributed by atoms with Crippen LogP contribution in [0.15, 0.2) is 47.1 Å². The molecule has 1 atom stereocenters. The lowest BCUT2D eigenvalue weighted by Crippen LogP contribution is -2.47. The zero-order chi connectivity index (χ0) is 21.0. The van der Waals surface area contributed by atoms with Gasteiger partial charge < -0.3 is 9.15 Å². The normalized spacial score (nSPS) is 11.9. The van der Waals surface area contributed by atoms with Crippen LogP contribution in [0.5, 0.6) is 5.75 Å². The number of hydrogen-bond donors (Lipinski definition) is 2. The Hall–Kier alpha value is -3.28. The van der Waals surface area contributed by atoms with Crippen molar-refractivity contribution in [3.63, 3.8) is 0 Å². The molecule has 0 bridgehead atoms. The highest BCUT2D eigenvalue weighted by Crippen LogP contribution is 2.23. The molecule has 0 aliphatic rings. The van der Waals surface area contributed by atoms with E-state index in [1.807, 2.05) is 50.2 Å². The highest BCUT2D eigenvalue weighted by molar-refractivity contribution is 5.89. The largest absolute Gasteiger partial charge is 0.481 e. The first-order valence-corrected chi connectivity index (χ1v) is 9.69. The zero-order valence-corrected chi connectivity index (χ0v) is 17.2. The average molecular weight is 394 g/mol. The molecule has 0 spiro atoms. The first kappa shape index (κ1) is 20.5. The number of nitrogens with one attached hydrogen (secondary N) is 2. The molecule has 1 heterocycles. The van der Waals surface area contributed by atoms with E-state index in [-0.39, 0.29) is 12.3 Å². The van der Waals surface area contributed by atoms with Gasteiger partial charge in [-0.15, -0.1) is 0 Å². The number of carbonyl (C=O) groups is 2. The summed E-state index contributed by atoms with van der Waals surface area (Å²) in [4.78, 5) is 24.5. The number of aryl methyl sites for hydroxylation is 2. The summed E-state index contributed by atoms with van der Waals surface area (Å²) in [5, 5.41) is 0.898. The molecule has 0 saturated heterocycles. The molecule has 2 N–H and O–H groups in total. The van der Waals surface area contributed by atoms with Crippen LogP contribution in [0.3, 0.4) is 0 Å². The van der Waals surface area contributed by atoms with Crippen LogP contribution in [0, 0.1) is 13.8 Å². The van der Waals surface area contributed by atoms with Gasteiger partial charge in [-0.3, -0.25) is 20.4 Å². The van der Waals surface area contributed by atoms with E-state index in [2.05, 4.69) is 17.8 Å². The van der Waals surface area contributed by atoms with E-state index < -0.39 is 12.0 Å². The van der Waals surface area contributed by atoms with Gasteiger partial charge in [-0.2, -0.15) is 0 Å². The van der Waals surface area contributed by atoms with Gasteiger partial charge in [0.2, 0.25) is 5.91 Å². The molecule has 3 rings (SSSR count). The van der Waals surface area contributed by atoms with Crippen molar-refractivity contribution in [1.82, 2.24) is 10.9 Å². The number of hydrogen-bond acceptors (Lipinski definition) is 4. The van der Waals surface area contributed by atoms with Crippen LogP contribution in [0.4, 0.5) is 0 Å². The second kappa shape index (κ2) is 8.82. The molecule has 0 aliphatic carbocycles. The maximum Gasteiger partial charge on any atom is 0.279 e. The number of hydrazine groups is 1. The maximum atomic E-state index is 12.3. The van der Waals surface area contributed by atoms with Gasteiger partial charge in [-0.05, 0) is 56.0 Å². The zero-order valence-electron chi connectivity index (χ0n) is 17.2. The van der Waals surface area contributed by atoms with Crippen LogP contribution in [-0.4, -0.2) is 17.9 Å². The average Bonchev–Trinajstić information content (AvgIpc) is 3.11. The summed E-state index contributed by atoms with van der Waals surface area (Å²) in [6, 6.07) is 11.6. The van der Waals surface area contributed by atoms with Crippen LogP contribution in [-0.2, 0) is 22.4 Å². The molecular formula is C23H26N2O4. The first-order chi connectivity index (χ1) is 13.9. The summed E-state index contributed by atoms with van der Waals surface area (Å²) in [6.07, 6.45) is 1.85. The van der Waals surface area contributed by atoms with Crippen LogP contribution < -0.4 is 15.6 Å². The predicted molar refractivity (Wildman–Crippen MR) is 112 cm³/mol. The monoisotopic (exact) mass is 394 g/mol. The lowest BCUT2D eigenvalue weighted by atomic mass is 10.1. The molecule has 0 saturated carbocycles. The van der Waals surface area contributed by atoms with Crippen LogP contribution in [0.25, 0.3) is 11.0 Å². The Morgan fingerprint density at radius 1 is 1.14 bits per heavy atom. The Morgan fingerprint density at radius 3 is 2.69 bits per heavy atom. The van der Waals surface area contributed by atoms with Gasteiger partial charge in [0.15, 0.2) is 6.10 Å². The van der Waals surface area contributed by atoms with E-state index in [0.29, 0.717) is 5.75 Å². The molecule has 1 aromatic heterocycles. The third kappa shape index (κ3) is 4.77. The van der Waals surface area contributed by atoms with Crippen molar-refractivity contribution in [2.45, 2.75) is 46.6 Å². The van der Waals surface area contributed by atoms with Crippen molar-refractivity contribution >= 4 is 22.8 Å². The summed E-state index contributed by atoms with van der Waals surface area (Å²) in [5.74, 6) is -0.112. The Kier molecular flexibility index (Phi) is 6.22. The van der Waals surface area contributed by atoms with Gasteiger partial charge in [0, 0.05) is 10.9 Å². The van der Waals surface area contributed by atoms with Gasteiger partial charge in [0.05, 0.1) is 12.7 Å². The number of furan rings is 1. The number of rotatable bonds is 6. The molecule has 2 amide bonds. The molecule has 0 fully saturated rings. The van der Waals surface area contributed by atoms with Gasteiger partial charge >= 0.3 is 0 Å². The summed E-state index contributed by atoms with van der Waals surface area (Å²) < 4.78 is 11.3. The van der Waals surface area contributed by atoms with E-state index in [1.54, 1.807) is 13.2 Å². The van der Waals surface area contributed by atoms with E-state index in [0.717, 1.165) is 34.1 Å². The molecule has 0 aliphatic heterocycles. The SMILES string of the molecule is CCc1ccc2c(CC(=O)NNC(=O)C(C)Oc3cccc(C)c3C)coc2c1. The van der Waals surface area contributed by atoms with E-state index >= 15 is 0 Å². The number of carbonyl (C=O) groups excluding carboxylic acids is 2.